The molecule has 0 bridgehead atoms. The Balaban J connectivity index is 2.46. The average Bonchev–Trinajstić information content (AvgIpc) is 2.63. The number of nitrogens with zero attached hydrogens (tertiary/aromatic N) is 2. The number of nitrogens with two attached hydrogens (primary N) is 1. The summed E-state index contributed by atoms with van der Waals surface area (Å²) in [6.45, 7) is 8.89. The van der Waals surface area contributed by atoms with E-state index >= 15 is 0 Å². The molecule has 4 nitrogen and oxygen atoms in total. The van der Waals surface area contributed by atoms with E-state index in [2.05, 4.69) is 31.9 Å². The van der Waals surface area contributed by atoms with E-state index in [1.54, 1.807) is 4.68 Å². The van der Waals surface area contributed by atoms with Gasteiger partial charge in [-0.05, 0) is 18.4 Å². The second-order valence-corrected chi connectivity index (χ2v) is 6.05. The van der Waals surface area contributed by atoms with Crippen LogP contribution >= 0.6 is 0 Å². The van der Waals surface area contributed by atoms with Crippen LogP contribution in [0.15, 0.2) is 24.3 Å². The maximum absolute atomic E-state index is 6.13. The summed E-state index contributed by atoms with van der Waals surface area (Å²) in [4.78, 5) is 0. The minimum absolute atomic E-state index is 0.0209. The summed E-state index contributed by atoms with van der Waals surface area (Å²) < 4.78 is 7.88. The van der Waals surface area contributed by atoms with Crippen LogP contribution in [0.25, 0.3) is 0 Å². The van der Waals surface area contributed by atoms with Crippen molar-refractivity contribution in [3.63, 3.8) is 0 Å². The van der Waals surface area contributed by atoms with Gasteiger partial charge in [0.2, 0.25) is 5.88 Å². The van der Waals surface area contributed by atoms with Crippen molar-refractivity contribution in [2.45, 2.75) is 39.7 Å². The molecule has 108 valence electrons. The molecule has 1 aromatic heterocycles. The smallest absolute Gasteiger partial charge is 0.222 e. The molecule has 0 aliphatic carbocycles. The van der Waals surface area contributed by atoms with Gasteiger partial charge in [-0.3, -0.25) is 0 Å². The lowest BCUT2D eigenvalue weighted by Gasteiger charge is -2.22. The van der Waals surface area contributed by atoms with Crippen molar-refractivity contribution in [2.75, 3.05) is 0 Å². The molecule has 1 heterocycles. The number of benzene rings is 1. The molecule has 4 heteroatoms. The van der Waals surface area contributed by atoms with Crippen LogP contribution < -0.4 is 10.5 Å². The zero-order valence-corrected chi connectivity index (χ0v) is 12.9. The van der Waals surface area contributed by atoms with E-state index < -0.39 is 0 Å². The molecule has 0 aliphatic heterocycles. The Labute approximate surface area is 120 Å². The monoisotopic (exact) mass is 273 g/mol. The van der Waals surface area contributed by atoms with Crippen molar-refractivity contribution >= 4 is 0 Å². The first-order chi connectivity index (χ1) is 9.34. The minimum atomic E-state index is 0.0209. The second-order valence-electron chi connectivity index (χ2n) is 6.05. The van der Waals surface area contributed by atoms with Gasteiger partial charge in [-0.15, -0.1) is 0 Å². The summed E-state index contributed by atoms with van der Waals surface area (Å²) in [6.07, 6.45) is 0. The summed E-state index contributed by atoms with van der Waals surface area (Å²) in [6, 6.07) is 8.10. The molecule has 0 spiro atoms. The van der Waals surface area contributed by atoms with E-state index in [1.807, 2.05) is 32.2 Å². The zero-order chi connectivity index (χ0) is 14.9. The number of hydrogen-bond donors (Lipinski definition) is 1. The summed E-state index contributed by atoms with van der Waals surface area (Å²) >= 11 is 0. The summed E-state index contributed by atoms with van der Waals surface area (Å²) in [5, 5.41) is 4.38. The number of ether oxygens (including phenoxy) is 1. The quantitative estimate of drug-likeness (QED) is 0.933. The first-order valence-electron chi connectivity index (χ1n) is 6.84. The molecule has 0 amide bonds. The van der Waals surface area contributed by atoms with Crippen molar-refractivity contribution in [2.24, 2.45) is 12.8 Å². The lowest BCUT2D eigenvalue weighted by Crippen LogP contribution is -2.13. The normalized spacial score (nSPS) is 11.7. The van der Waals surface area contributed by atoms with Crippen LogP contribution in [0, 0.1) is 6.92 Å². The average molecular weight is 273 g/mol. The van der Waals surface area contributed by atoms with Gasteiger partial charge in [0.25, 0.3) is 0 Å². The van der Waals surface area contributed by atoms with Gasteiger partial charge in [-0.25, -0.2) is 4.68 Å². The highest BCUT2D eigenvalue weighted by Gasteiger charge is 2.21. The molecular formula is C16H23N3O. The maximum atomic E-state index is 6.13. The largest absolute Gasteiger partial charge is 0.439 e. The van der Waals surface area contributed by atoms with Crippen molar-refractivity contribution in [1.29, 1.82) is 0 Å². The fourth-order valence-electron chi connectivity index (χ4n) is 2.32. The number of rotatable bonds is 3. The van der Waals surface area contributed by atoms with Gasteiger partial charge in [-0.1, -0.05) is 39.0 Å². The van der Waals surface area contributed by atoms with Crippen LogP contribution in [0.5, 0.6) is 11.6 Å². The van der Waals surface area contributed by atoms with Crippen molar-refractivity contribution in [3.05, 3.63) is 41.1 Å². The van der Waals surface area contributed by atoms with E-state index in [-0.39, 0.29) is 5.41 Å². The van der Waals surface area contributed by atoms with E-state index in [9.17, 15) is 0 Å². The predicted molar refractivity (Wildman–Crippen MR) is 81.1 cm³/mol. The lowest BCUT2D eigenvalue weighted by atomic mass is 9.86. The van der Waals surface area contributed by atoms with Crippen LogP contribution in [0.2, 0.25) is 0 Å². The fourth-order valence-corrected chi connectivity index (χ4v) is 2.32. The first kappa shape index (κ1) is 14.6. The number of aryl methyl sites for hydroxylation is 2. The molecule has 0 saturated heterocycles. The van der Waals surface area contributed by atoms with E-state index in [4.69, 9.17) is 10.5 Å². The minimum Gasteiger partial charge on any atom is -0.439 e. The SMILES string of the molecule is Cc1nn(C)c(Oc2ccccc2C(C)(C)C)c1CN. The molecule has 0 saturated carbocycles. The number of aromatic nitrogens is 2. The number of hydrogen-bond acceptors (Lipinski definition) is 3. The van der Waals surface area contributed by atoms with Crippen molar-refractivity contribution in [3.8, 4) is 11.6 Å². The molecule has 0 fully saturated rings. The molecule has 0 aliphatic rings. The molecular weight excluding hydrogens is 250 g/mol. The Bertz CT molecular complexity index is 609. The van der Waals surface area contributed by atoms with E-state index in [0.717, 1.165) is 22.9 Å². The topological polar surface area (TPSA) is 53.1 Å². The van der Waals surface area contributed by atoms with Crippen molar-refractivity contribution < 1.29 is 4.74 Å². The van der Waals surface area contributed by atoms with Gasteiger partial charge < -0.3 is 10.5 Å². The second kappa shape index (κ2) is 5.29. The van der Waals surface area contributed by atoms with Crippen molar-refractivity contribution in [1.82, 2.24) is 9.78 Å². The van der Waals surface area contributed by atoms with Crippen LogP contribution in [-0.2, 0) is 19.0 Å². The Morgan fingerprint density at radius 1 is 1.25 bits per heavy atom. The fraction of sp³-hybridized carbons (Fsp3) is 0.438. The van der Waals surface area contributed by atoms with Gasteiger partial charge in [-0.2, -0.15) is 5.10 Å². The van der Waals surface area contributed by atoms with Gasteiger partial charge in [0.05, 0.1) is 11.3 Å². The highest BCUT2D eigenvalue weighted by Crippen LogP contribution is 2.35. The summed E-state index contributed by atoms with van der Waals surface area (Å²) in [5.74, 6) is 1.58. The zero-order valence-electron chi connectivity index (χ0n) is 12.9. The first-order valence-corrected chi connectivity index (χ1v) is 6.84. The maximum Gasteiger partial charge on any atom is 0.222 e. The Morgan fingerprint density at radius 3 is 2.50 bits per heavy atom. The number of para-hydroxylation sites is 1. The van der Waals surface area contributed by atoms with Gasteiger partial charge in [0.15, 0.2) is 0 Å². The van der Waals surface area contributed by atoms with E-state index in [0.29, 0.717) is 6.54 Å². The predicted octanol–water partition coefficient (Wildman–Crippen LogP) is 3.28. The van der Waals surface area contributed by atoms with Crippen LogP contribution in [0.4, 0.5) is 0 Å². The Hall–Kier alpha value is -1.81. The molecule has 1 aromatic carbocycles. The summed E-state index contributed by atoms with van der Waals surface area (Å²) in [7, 11) is 1.88. The van der Waals surface area contributed by atoms with Gasteiger partial charge >= 0.3 is 0 Å². The van der Waals surface area contributed by atoms with Gasteiger partial charge in [0, 0.05) is 19.2 Å². The summed E-state index contributed by atoms with van der Waals surface area (Å²) in [5.41, 5.74) is 8.87. The molecule has 2 rings (SSSR count). The third-order valence-corrected chi connectivity index (χ3v) is 3.39. The van der Waals surface area contributed by atoms with E-state index in [1.165, 1.54) is 5.56 Å². The third kappa shape index (κ3) is 2.70. The Morgan fingerprint density at radius 2 is 1.90 bits per heavy atom. The highest BCUT2D eigenvalue weighted by atomic mass is 16.5. The lowest BCUT2D eigenvalue weighted by molar-refractivity contribution is 0.410. The third-order valence-electron chi connectivity index (χ3n) is 3.39. The highest BCUT2D eigenvalue weighted by molar-refractivity contribution is 5.42. The molecule has 2 aromatic rings. The molecule has 0 atom stereocenters. The molecule has 2 N–H and O–H groups in total. The van der Waals surface area contributed by atoms with Crippen LogP contribution in [0.1, 0.15) is 37.6 Å². The molecule has 0 radical (unpaired) electrons. The van der Waals surface area contributed by atoms with Crippen LogP contribution in [-0.4, -0.2) is 9.78 Å². The van der Waals surface area contributed by atoms with Crippen LogP contribution in [0.3, 0.4) is 0 Å². The Kier molecular flexibility index (Phi) is 3.86. The molecule has 20 heavy (non-hydrogen) atoms. The molecule has 0 unspecified atom stereocenters. The van der Waals surface area contributed by atoms with Gasteiger partial charge in [0.1, 0.15) is 5.75 Å². The standard InChI is InChI=1S/C16H23N3O/c1-11-12(10-17)15(19(5)18-11)20-14-9-7-6-8-13(14)16(2,3)4/h6-9H,10,17H2,1-5H3.